The number of amides is 1. The highest BCUT2D eigenvalue weighted by Crippen LogP contribution is 2.28. The molecule has 0 spiro atoms. The standard InChI is InChI=1S/C21H24N4OS/c1-4-16(3)22-19(26)14-27-21-24-23-20(17-12-10-15(2)11-13-17)25(21)18-8-6-5-7-9-18/h5-13,16H,4,14H2,1-3H3,(H,22,26). The van der Waals surface area contributed by atoms with Gasteiger partial charge < -0.3 is 5.32 Å². The van der Waals surface area contributed by atoms with Crippen molar-refractivity contribution in [1.29, 1.82) is 0 Å². The third-order valence-corrected chi connectivity index (χ3v) is 5.24. The van der Waals surface area contributed by atoms with E-state index in [0.717, 1.165) is 23.5 Å². The molecule has 1 unspecified atom stereocenters. The van der Waals surface area contributed by atoms with Crippen LogP contribution >= 0.6 is 11.8 Å². The zero-order chi connectivity index (χ0) is 19.2. The Morgan fingerprint density at radius 2 is 1.81 bits per heavy atom. The number of carbonyl (C=O) groups is 1. The van der Waals surface area contributed by atoms with E-state index >= 15 is 0 Å². The molecular weight excluding hydrogens is 356 g/mol. The molecule has 1 amide bonds. The molecule has 1 heterocycles. The van der Waals surface area contributed by atoms with E-state index in [2.05, 4.69) is 41.5 Å². The van der Waals surface area contributed by atoms with Crippen molar-refractivity contribution in [2.45, 2.75) is 38.4 Å². The Morgan fingerprint density at radius 1 is 1.11 bits per heavy atom. The maximum absolute atomic E-state index is 12.2. The van der Waals surface area contributed by atoms with Gasteiger partial charge in [0.15, 0.2) is 11.0 Å². The molecule has 0 aliphatic rings. The van der Waals surface area contributed by atoms with E-state index in [1.165, 1.54) is 17.3 Å². The number of nitrogens with one attached hydrogen (secondary N) is 1. The number of hydrogen-bond donors (Lipinski definition) is 1. The Hall–Kier alpha value is -2.60. The van der Waals surface area contributed by atoms with Gasteiger partial charge in [-0.1, -0.05) is 66.7 Å². The minimum absolute atomic E-state index is 0.00819. The van der Waals surface area contributed by atoms with Crippen molar-refractivity contribution in [2.75, 3.05) is 5.75 Å². The Morgan fingerprint density at radius 3 is 2.48 bits per heavy atom. The Labute approximate surface area is 164 Å². The fourth-order valence-corrected chi connectivity index (χ4v) is 3.37. The smallest absolute Gasteiger partial charge is 0.230 e. The summed E-state index contributed by atoms with van der Waals surface area (Å²) in [5.41, 5.74) is 3.16. The van der Waals surface area contributed by atoms with Gasteiger partial charge in [0.05, 0.1) is 5.75 Å². The first kappa shape index (κ1) is 19.2. The molecule has 5 nitrogen and oxygen atoms in total. The normalized spacial score (nSPS) is 12.0. The van der Waals surface area contributed by atoms with Crippen LogP contribution in [0, 0.1) is 6.92 Å². The minimum Gasteiger partial charge on any atom is -0.353 e. The molecule has 0 saturated heterocycles. The van der Waals surface area contributed by atoms with Gasteiger partial charge in [0, 0.05) is 17.3 Å². The topological polar surface area (TPSA) is 59.8 Å². The maximum atomic E-state index is 12.2. The van der Waals surface area contributed by atoms with Crippen molar-refractivity contribution in [1.82, 2.24) is 20.1 Å². The maximum Gasteiger partial charge on any atom is 0.230 e. The molecule has 140 valence electrons. The fourth-order valence-electron chi connectivity index (χ4n) is 2.61. The average molecular weight is 381 g/mol. The van der Waals surface area contributed by atoms with Crippen LogP contribution in [0.15, 0.2) is 59.8 Å². The lowest BCUT2D eigenvalue weighted by Gasteiger charge is -2.12. The minimum atomic E-state index is 0.00819. The van der Waals surface area contributed by atoms with Crippen molar-refractivity contribution in [3.63, 3.8) is 0 Å². The van der Waals surface area contributed by atoms with Crippen LogP contribution in [0.1, 0.15) is 25.8 Å². The van der Waals surface area contributed by atoms with E-state index in [0.29, 0.717) is 10.9 Å². The highest BCUT2D eigenvalue weighted by molar-refractivity contribution is 7.99. The average Bonchev–Trinajstić information content (AvgIpc) is 3.11. The molecule has 3 aromatic rings. The number of aryl methyl sites for hydroxylation is 1. The Balaban J connectivity index is 1.90. The molecule has 27 heavy (non-hydrogen) atoms. The van der Waals surface area contributed by atoms with Gasteiger partial charge in [-0.05, 0) is 32.4 Å². The number of rotatable bonds is 7. The van der Waals surface area contributed by atoms with Crippen LogP contribution in [-0.2, 0) is 4.79 Å². The van der Waals surface area contributed by atoms with E-state index in [1.54, 1.807) is 0 Å². The summed E-state index contributed by atoms with van der Waals surface area (Å²) in [4.78, 5) is 12.2. The molecule has 0 fully saturated rings. The lowest BCUT2D eigenvalue weighted by atomic mass is 10.1. The summed E-state index contributed by atoms with van der Waals surface area (Å²) in [7, 11) is 0. The quantitative estimate of drug-likeness (QED) is 0.623. The zero-order valence-corrected chi connectivity index (χ0v) is 16.7. The van der Waals surface area contributed by atoms with Crippen LogP contribution in [0.3, 0.4) is 0 Å². The van der Waals surface area contributed by atoms with Crippen LogP contribution in [-0.4, -0.2) is 32.5 Å². The third kappa shape index (κ3) is 4.77. The molecule has 0 radical (unpaired) electrons. The number of nitrogens with zero attached hydrogens (tertiary/aromatic N) is 3. The van der Waals surface area contributed by atoms with E-state index in [4.69, 9.17) is 0 Å². The first-order valence-corrected chi connectivity index (χ1v) is 10.1. The molecule has 0 saturated carbocycles. The van der Waals surface area contributed by atoms with E-state index in [-0.39, 0.29) is 11.9 Å². The van der Waals surface area contributed by atoms with Crippen LogP contribution in [0.4, 0.5) is 0 Å². The highest BCUT2D eigenvalue weighted by atomic mass is 32.2. The van der Waals surface area contributed by atoms with Gasteiger partial charge in [-0.15, -0.1) is 10.2 Å². The largest absolute Gasteiger partial charge is 0.353 e. The Kier molecular flexibility index (Phi) is 6.29. The summed E-state index contributed by atoms with van der Waals surface area (Å²) < 4.78 is 2.01. The first-order valence-electron chi connectivity index (χ1n) is 9.08. The number of hydrogen-bond acceptors (Lipinski definition) is 4. The molecule has 0 aliphatic carbocycles. The van der Waals surface area contributed by atoms with Crippen LogP contribution in [0.2, 0.25) is 0 Å². The number of thioether (sulfide) groups is 1. The van der Waals surface area contributed by atoms with E-state index in [9.17, 15) is 4.79 Å². The molecule has 1 aromatic heterocycles. The summed E-state index contributed by atoms with van der Waals surface area (Å²) in [6.07, 6.45) is 0.911. The summed E-state index contributed by atoms with van der Waals surface area (Å²) in [5, 5.41) is 12.5. The second kappa shape index (κ2) is 8.86. The fraction of sp³-hybridized carbons (Fsp3) is 0.286. The predicted molar refractivity (Wildman–Crippen MR) is 110 cm³/mol. The lowest BCUT2D eigenvalue weighted by molar-refractivity contribution is -0.119. The molecule has 2 aromatic carbocycles. The second-order valence-corrected chi connectivity index (χ2v) is 7.45. The van der Waals surface area contributed by atoms with Crippen molar-refractivity contribution in [3.8, 4) is 17.1 Å². The van der Waals surface area contributed by atoms with Crippen molar-refractivity contribution in [2.24, 2.45) is 0 Å². The summed E-state index contributed by atoms with van der Waals surface area (Å²) in [6, 6.07) is 18.4. The molecule has 0 bridgehead atoms. The van der Waals surface area contributed by atoms with Gasteiger partial charge in [-0.2, -0.15) is 0 Å². The molecular formula is C21H24N4OS. The number of benzene rings is 2. The predicted octanol–water partition coefficient (Wildman–Crippen LogP) is 4.25. The third-order valence-electron chi connectivity index (χ3n) is 4.31. The Bertz CT molecular complexity index is 890. The summed E-state index contributed by atoms with van der Waals surface area (Å²) in [6.45, 7) is 6.12. The number of carbonyl (C=O) groups excluding carboxylic acids is 1. The van der Waals surface area contributed by atoms with Crippen LogP contribution < -0.4 is 5.32 Å². The van der Waals surface area contributed by atoms with Gasteiger partial charge in [0.25, 0.3) is 0 Å². The van der Waals surface area contributed by atoms with Gasteiger partial charge in [0.1, 0.15) is 0 Å². The van der Waals surface area contributed by atoms with E-state index in [1.807, 2.05) is 54.0 Å². The first-order chi connectivity index (χ1) is 13.1. The van der Waals surface area contributed by atoms with Crippen LogP contribution in [0.25, 0.3) is 17.1 Å². The number of aromatic nitrogens is 3. The van der Waals surface area contributed by atoms with E-state index < -0.39 is 0 Å². The highest BCUT2D eigenvalue weighted by Gasteiger charge is 2.17. The van der Waals surface area contributed by atoms with Crippen LogP contribution in [0.5, 0.6) is 0 Å². The monoisotopic (exact) mass is 380 g/mol. The van der Waals surface area contributed by atoms with Gasteiger partial charge in [0.2, 0.25) is 5.91 Å². The molecule has 3 rings (SSSR count). The van der Waals surface area contributed by atoms with Gasteiger partial charge in [-0.3, -0.25) is 9.36 Å². The van der Waals surface area contributed by atoms with Crippen molar-refractivity contribution >= 4 is 17.7 Å². The summed E-state index contributed by atoms with van der Waals surface area (Å²) in [5.74, 6) is 1.09. The van der Waals surface area contributed by atoms with Gasteiger partial charge in [-0.25, -0.2) is 0 Å². The van der Waals surface area contributed by atoms with Crippen molar-refractivity contribution < 1.29 is 4.79 Å². The summed E-state index contributed by atoms with van der Waals surface area (Å²) >= 11 is 1.40. The van der Waals surface area contributed by atoms with Crippen molar-refractivity contribution in [3.05, 3.63) is 60.2 Å². The van der Waals surface area contributed by atoms with Gasteiger partial charge >= 0.3 is 0 Å². The molecule has 1 atom stereocenters. The molecule has 0 aliphatic heterocycles. The second-order valence-electron chi connectivity index (χ2n) is 6.51. The number of para-hydroxylation sites is 1. The molecule has 6 heteroatoms. The lowest BCUT2D eigenvalue weighted by Crippen LogP contribution is -2.33. The SMILES string of the molecule is CCC(C)NC(=O)CSc1nnc(-c2ccc(C)cc2)n1-c1ccccc1. The zero-order valence-electron chi connectivity index (χ0n) is 15.8. The molecule has 1 N–H and O–H groups in total.